The van der Waals surface area contributed by atoms with Crippen LogP contribution in [-0.2, 0) is 0 Å². The van der Waals surface area contributed by atoms with Gasteiger partial charge in [-0.2, -0.15) is 0 Å². The fourth-order valence-electron chi connectivity index (χ4n) is 1.25. The number of hydrogen-bond donors (Lipinski definition) is 1. The van der Waals surface area contributed by atoms with E-state index in [-0.39, 0.29) is 0 Å². The fraction of sp³-hybridized carbons (Fsp3) is 0.692. The van der Waals surface area contributed by atoms with Crippen LogP contribution >= 0.6 is 0 Å². The highest BCUT2D eigenvalue weighted by Crippen LogP contribution is 2.02. The molecule has 0 bridgehead atoms. The van der Waals surface area contributed by atoms with Gasteiger partial charge in [0, 0.05) is 6.61 Å². The molecule has 0 saturated heterocycles. The Hall–Kier alpha value is -0.560. The van der Waals surface area contributed by atoms with Crippen molar-refractivity contribution in [1.29, 1.82) is 0 Å². The minimum atomic E-state index is 0.297. The standard InChI is InChI=1S/C13H24O/c1-2-3-4-5-6-7-8-9-10-11-12-13-14/h7-10,14H,2-6,11-13H2,1H3/b8-7+,10-9+. The van der Waals surface area contributed by atoms with Crippen LogP contribution in [0.1, 0.15) is 51.9 Å². The van der Waals surface area contributed by atoms with Crippen molar-refractivity contribution in [2.75, 3.05) is 6.61 Å². The topological polar surface area (TPSA) is 20.2 Å². The second-order valence-electron chi connectivity index (χ2n) is 3.57. The van der Waals surface area contributed by atoms with Gasteiger partial charge < -0.3 is 5.11 Å². The second-order valence-corrected chi connectivity index (χ2v) is 3.57. The molecular weight excluding hydrogens is 172 g/mol. The number of rotatable bonds is 9. The Balaban J connectivity index is 3.14. The molecule has 0 unspecified atom stereocenters. The maximum absolute atomic E-state index is 8.54. The van der Waals surface area contributed by atoms with E-state index in [1.807, 2.05) is 0 Å². The Bertz CT molecular complexity index is 147. The third-order valence-electron chi connectivity index (χ3n) is 2.14. The monoisotopic (exact) mass is 196 g/mol. The smallest absolute Gasteiger partial charge is 0.0433 e. The van der Waals surface area contributed by atoms with Gasteiger partial charge in [0.2, 0.25) is 0 Å². The molecule has 0 heterocycles. The summed E-state index contributed by atoms with van der Waals surface area (Å²) in [6.45, 7) is 2.53. The molecule has 1 nitrogen and oxygen atoms in total. The summed E-state index contributed by atoms with van der Waals surface area (Å²) in [5, 5.41) is 8.54. The van der Waals surface area contributed by atoms with Gasteiger partial charge in [0.25, 0.3) is 0 Å². The molecule has 0 fully saturated rings. The Morgan fingerprint density at radius 1 is 0.857 bits per heavy atom. The van der Waals surface area contributed by atoms with Crippen LogP contribution in [0.15, 0.2) is 24.3 Å². The molecule has 1 N–H and O–H groups in total. The Kier molecular flexibility index (Phi) is 11.9. The largest absolute Gasteiger partial charge is 0.396 e. The molecule has 0 aromatic heterocycles. The van der Waals surface area contributed by atoms with Crippen LogP contribution in [0.25, 0.3) is 0 Å². The molecule has 0 radical (unpaired) electrons. The summed E-state index contributed by atoms with van der Waals surface area (Å²) in [5.41, 5.74) is 0. The number of allylic oxidation sites excluding steroid dienone is 4. The zero-order chi connectivity index (χ0) is 10.5. The lowest BCUT2D eigenvalue weighted by atomic mass is 10.1. The summed E-state index contributed by atoms with van der Waals surface area (Å²) >= 11 is 0. The molecule has 0 spiro atoms. The zero-order valence-electron chi connectivity index (χ0n) is 9.41. The normalized spacial score (nSPS) is 11.9. The van der Waals surface area contributed by atoms with Crippen molar-refractivity contribution in [2.45, 2.75) is 51.9 Å². The third-order valence-corrected chi connectivity index (χ3v) is 2.14. The Labute approximate surface area is 88.5 Å². The first-order valence-corrected chi connectivity index (χ1v) is 5.84. The number of unbranched alkanes of at least 4 members (excludes halogenated alkanes) is 5. The van der Waals surface area contributed by atoms with Gasteiger partial charge in [0.1, 0.15) is 0 Å². The lowest BCUT2D eigenvalue weighted by Gasteiger charge is -1.93. The van der Waals surface area contributed by atoms with Gasteiger partial charge in [-0.25, -0.2) is 0 Å². The van der Waals surface area contributed by atoms with Gasteiger partial charge in [0.05, 0.1) is 0 Å². The summed E-state index contributed by atoms with van der Waals surface area (Å²) in [6.07, 6.45) is 16.9. The van der Waals surface area contributed by atoms with Crippen molar-refractivity contribution >= 4 is 0 Å². The molecule has 0 amide bonds. The summed E-state index contributed by atoms with van der Waals surface area (Å²) in [6, 6.07) is 0. The average Bonchev–Trinajstić information content (AvgIpc) is 2.21. The highest BCUT2D eigenvalue weighted by atomic mass is 16.2. The zero-order valence-corrected chi connectivity index (χ0v) is 9.41. The molecule has 1 heteroatoms. The highest BCUT2D eigenvalue weighted by molar-refractivity contribution is 5.02. The van der Waals surface area contributed by atoms with E-state index in [4.69, 9.17) is 5.11 Å². The first-order chi connectivity index (χ1) is 6.91. The number of aliphatic hydroxyl groups is 1. The predicted molar refractivity (Wildman–Crippen MR) is 63.4 cm³/mol. The van der Waals surface area contributed by atoms with Crippen LogP contribution in [-0.4, -0.2) is 11.7 Å². The van der Waals surface area contributed by atoms with Gasteiger partial charge in [-0.05, 0) is 25.7 Å². The molecule has 0 rings (SSSR count). The lowest BCUT2D eigenvalue weighted by Crippen LogP contribution is -1.77. The van der Waals surface area contributed by atoms with Crippen LogP contribution < -0.4 is 0 Å². The first-order valence-electron chi connectivity index (χ1n) is 5.84. The van der Waals surface area contributed by atoms with Crippen molar-refractivity contribution in [2.24, 2.45) is 0 Å². The Morgan fingerprint density at radius 2 is 1.50 bits per heavy atom. The fourth-order valence-corrected chi connectivity index (χ4v) is 1.25. The SMILES string of the molecule is CCCCCC/C=C/C=C/CCCO. The molecule has 82 valence electrons. The van der Waals surface area contributed by atoms with E-state index in [2.05, 4.69) is 31.2 Å². The van der Waals surface area contributed by atoms with Crippen molar-refractivity contribution in [3.63, 3.8) is 0 Å². The molecule has 0 saturated carbocycles. The number of hydrogen-bond acceptors (Lipinski definition) is 1. The molecule has 0 atom stereocenters. The van der Waals surface area contributed by atoms with Gasteiger partial charge >= 0.3 is 0 Å². The van der Waals surface area contributed by atoms with E-state index >= 15 is 0 Å². The van der Waals surface area contributed by atoms with Crippen molar-refractivity contribution < 1.29 is 5.11 Å². The predicted octanol–water partition coefficient (Wildman–Crippen LogP) is 3.84. The van der Waals surface area contributed by atoms with Crippen molar-refractivity contribution in [3.05, 3.63) is 24.3 Å². The van der Waals surface area contributed by atoms with E-state index in [1.165, 1.54) is 32.1 Å². The molecule has 0 aromatic carbocycles. The van der Waals surface area contributed by atoms with Crippen LogP contribution in [0.4, 0.5) is 0 Å². The van der Waals surface area contributed by atoms with Gasteiger partial charge in [-0.1, -0.05) is 50.5 Å². The van der Waals surface area contributed by atoms with E-state index < -0.39 is 0 Å². The van der Waals surface area contributed by atoms with Gasteiger partial charge in [-0.15, -0.1) is 0 Å². The minimum absolute atomic E-state index is 0.297. The van der Waals surface area contributed by atoms with E-state index in [9.17, 15) is 0 Å². The molecule has 0 aliphatic rings. The van der Waals surface area contributed by atoms with E-state index in [0.29, 0.717) is 6.61 Å². The van der Waals surface area contributed by atoms with E-state index in [1.54, 1.807) is 0 Å². The molecule has 0 aliphatic heterocycles. The van der Waals surface area contributed by atoms with E-state index in [0.717, 1.165) is 12.8 Å². The summed E-state index contributed by atoms with van der Waals surface area (Å²) in [4.78, 5) is 0. The van der Waals surface area contributed by atoms with Crippen LogP contribution in [0.3, 0.4) is 0 Å². The van der Waals surface area contributed by atoms with Crippen LogP contribution in [0.2, 0.25) is 0 Å². The first kappa shape index (κ1) is 13.4. The lowest BCUT2D eigenvalue weighted by molar-refractivity contribution is 0.289. The van der Waals surface area contributed by atoms with Crippen LogP contribution in [0.5, 0.6) is 0 Å². The maximum atomic E-state index is 8.54. The molecule has 0 aromatic rings. The summed E-state index contributed by atoms with van der Waals surface area (Å²) in [7, 11) is 0. The average molecular weight is 196 g/mol. The quantitative estimate of drug-likeness (QED) is 0.439. The highest BCUT2D eigenvalue weighted by Gasteiger charge is 1.83. The Morgan fingerprint density at radius 3 is 2.07 bits per heavy atom. The minimum Gasteiger partial charge on any atom is -0.396 e. The third kappa shape index (κ3) is 11.4. The summed E-state index contributed by atoms with van der Waals surface area (Å²) in [5.74, 6) is 0. The van der Waals surface area contributed by atoms with Crippen LogP contribution in [0, 0.1) is 0 Å². The summed E-state index contributed by atoms with van der Waals surface area (Å²) < 4.78 is 0. The van der Waals surface area contributed by atoms with Crippen molar-refractivity contribution in [3.8, 4) is 0 Å². The maximum Gasteiger partial charge on any atom is 0.0433 e. The van der Waals surface area contributed by atoms with Gasteiger partial charge in [-0.3, -0.25) is 0 Å². The van der Waals surface area contributed by atoms with Gasteiger partial charge in [0.15, 0.2) is 0 Å². The number of aliphatic hydroxyl groups excluding tert-OH is 1. The van der Waals surface area contributed by atoms with Crippen molar-refractivity contribution in [1.82, 2.24) is 0 Å². The molecular formula is C13H24O. The molecule has 14 heavy (non-hydrogen) atoms. The molecule has 0 aliphatic carbocycles. The second kappa shape index (κ2) is 12.4.